The normalized spacial score (nSPS) is 12.1. The average molecular weight is 914 g/mol. The van der Waals surface area contributed by atoms with Crippen molar-refractivity contribution < 1.29 is 4.42 Å². The average Bonchev–Trinajstić information content (AvgIpc) is 4.11. The van der Waals surface area contributed by atoms with Gasteiger partial charge >= 0.3 is 0 Å². The zero-order valence-electron chi connectivity index (χ0n) is 36.8. The van der Waals surface area contributed by atoms with Crippen molar-refractivity contribution in [2.75, 3.05) is 0 Å². The molecule has 0 fully saturated rings. The third-order valence-electron chi connectivity index (χ3n) is 13.9. The molecule has 69 heavy (non-hydrogen) atoms. The molecule has 0 aliphatic carbocycles. The van der Waals surface area contributed by atoms with E-state index in [1.54, 1.807) is 0 Å². The van der Waals surface area contributed by atoms with Crippen LogP contribution in [0.3, 0.4) is 0 Å². The fourth-order valence-electron chi connectivity index (χ4n) is 10.7. The summed E-state index contributed by atoms with van der Waals surface area (Å²) in [4.78, 5) is 15.8. The predicted octanol–water partition coefficient (Wildman–Crippen LogP) is 18.3. The second kappa shape index (κ2) is 15.0. The topological polar surface area (TPSA) is 51.8 Å². The predicted molar refractivity (Wildman–Crippen MR) is 293 cm³/mol. The van der Waals surface area contributed by atoms with Crippen LogP contribution < -0.4 is 0 Å². The molecular weight excluding hydrogens is 879 g/mol. The smallest absolute Gasteiger partial charge is 0.164 e. The molecule has 4 nitrogen and oxygen atoms in total. The van der Waals surface area contributed by atoms with Gasteiger partial charge in [-0.2, -0.15) is 0 Å². The molecule has 0 saturated heterocycles. The number of nitrogens with zero attached hydrogens (tertiary/aromatic N) is 3. The lowest BCUT2D eigenvalue weighted by atomic mass is 9.93. The highest BCUT2D eigenvalue weighted by molar-refractivity contribution is 7.26. The SMILES string of the molecule is c1ccc(-c2nc(-c3ccc4c5ccccc5c5ccccc5c4c3)nc(-c3cccc4oc5ccc(-c6cc(-c7ccc8c(c7)sc7ccccc78)cc7sc8ccccc8c67)cc5c34)n2)cc1. The van der Waals surface area contributed by atoms with Crippen LogP contribution in [0.2, 0.25) is 0 Å². The Morgan fingerprint density at radius 3 is 1.59 bits per heavy atom. The first-order valence-electron chi connectivity index (χ1n) is 23.1. The molecule has 0 bridgehead atoms. The Kier molecular flexibility index (Phi) is 8.37. The second-order valence-electron chi connectivity index (χ2n) is 17.8. The summed E-state index contributed by atoms with van der Waals surface area (Å²) in [5.41, 5.74) is 9.04. The van der Waals surface area contributed by atoms with E-state index in [9.17, 15) is 0 Å². The largest absolute Gasteiger partial charge is 0.456 e. The summed E-state index contributed by atoms with van der Waals surface area (Å²) < 4.78 is 11.8. The Balaban J connectivity index is 0.935. The summed E-state index contributed by atoms with van der Waals surface area (Å²) in [5, 5.41) is 14.4. The highest BCUT2D eigenvalue weighted by Gasteiger charge is 2.21. The van der Waals surface area contributed by atoms with Crippen LogP contribution in [-0.2, 0) is 0 Å². The van der Waals surface area contributed by atoms with E-state index in [4.69, 9.17) is 19.4 Å². The van der Waals surface area contributed by atoms with Crippen LogP contribution >= 0.6 is 22.7 Å². The summed E-state index contributed by atoms with van der Waals surface area (Å²) in [5.74, 6) is 1.81. The van der Waals surface area contributed by atoms with E-state index < -0.39 is 0 Å². The number of furan rings is 1. The molecule has 0 aliphatic heterocycles. The van der Waals surface area contributed by atoms with Gasteiger partial charge in [0.05, 0.1) is 0 Å². The molecule has 6 heteroatoms. The zero-order valence-corrected chi connectivity index (χ0v) is 38.4. The van der Waals surface area contributed by atoms with Crippen LogP contribution in [0, 0.1) is 0 Å². The molecule has 0 aliphatic rings. The Bertz CT molecular complexity index is 4590. The number of hydrogen-bond acceptors (Lipinski definition) is 6. The molecule has 0 saturated carbocycles. The van der Waals surface area contributed by atoms with E-state index in [0.29, 0.717) is 17.5 Å². The summed E-state index contributed by atoms with van der Waals surface area (Å²) in [6.45, 7) is 0. The van der Waals surface area contributed by atoms with Gasteiger partial charge in [0, 0.05) is 67.8 Å². The molecule has 4 aromatic heterocycles. The van der Waals surface area contributed by atoms with E-state index in [2.05, 4.69) is 182 Å². The standard InChI is InChI=1S/C63H35N3OS2/c1-2-13-36(14-3-1)61-64-62(39-26-28-45-43-17-5-4-15-41(43)42-16-6-7-18-44(42)51(45)32-39)66-63(65-61)49-21-12-22-54-59(49)52-31-38(27-30-53(52)67-54)50-33-40(35-58-60(50)48-20-9-11-24-56(48)69-58)37-25-29-47-46-19-8-10-23-55(46)68-57(47)34-37/h1-35H. The molecule has 0 spiro atoms. The van der Waals surface area contributed by atoms with Crippen LogP contribution in [0.5, 0.6) is 0 Å². The molecule has 0 unspecified atom stereocenters. The minimum atomic E-state index is 0.589. The van der Waals surface area contributed by atoms with Gasteiger partial charge in [0.2, 0.25) is 0 Å². The Morgan fingerprint density at radius 2 is 0.812 bits per heavy atom. The fourth-order valence-corrected chi connectivity index (χ4v) is 13.0. The minimum Gasteiger partial charge on any atom is -0.456 e. The van der Waals surface area contributed by atoms with Crippen molar-refractivity contribution in [3.05, 3.63) is 212 Å². The third-order valence-corrected chi connectivity index (χ3v) is 16.2. The Labute approximate surface area is 403 Å². The van der Waals surface area contributed by atoms with Gasteiger partial charge in [0.1, 0.15) is 11.2 Å². The fraction of sp³-hybridized carbons (Fsp3) is 0. The molecule has 15 aromatic rings. The highest BCUT2D eigenvalue weighted by atomic mass is 32.1. The maximum atomic E-state index is 6.69. The molecular formula is C63H35N3OS2. The van der Waals surface area contributed by atoms with Gasteiger partial charge in [-0.1, -0.05) is 158 Å². The molecule has 0 radical (unpaired) electrons. The van der Waals surface area contributed by atoms with Gasteiger partial charge in [-0.25, -0.2) is 15.0 Å². The van der Waals surface area contributed by atoms with Crippen molar-refractivity contribution in [3.8, 4) is 56.4 Å². The Morgan fingerprint density at radius 1 is 0.261 bits per heavy atom. The van der Waals surface area contributed by atoms with Gasteiger partial charge < -0.3 is 4.42 Å². The van der Waals surface area contributed by atoms with Gasteiger partial charge in [-0.05, 0) is 109 Å². The molecule has 11 aromatic carbocycles. The summed E-state index contributed by atoms with van der Waals surface area (Å²) in [7, 11) is 0. The van der Waals surface area contributed by atoms with Gasteiger partial charge in [-0.15, -0.1) is 22.7 Å². The third kappa shape index (κ3) is 6.03. The summed E-state index contributed by atoms with van der Waals surface area (Å²) in [6, 6.07) is 76.2. The minimum absolute atomic E-state index is 0.589. The quantitative estimate of drug-likeness (QED) is 0.161. The van der Waals surface area contributed by atoms with Crippen molar-refractivity contribution >= 4 is 117 Å². The van der Waals surface area contributed by atoms with Crippen LogP contribution in [0.25, 0.3) is 151 Å². The van der Waals surface area contributed by atoms with Gasteiger partial charge in [0.15, 0.2) is 17.5 Å². The number of fused-ring (bicyclic) bond motifs is 15. The van der Waals surface area contributed by atoms with Crippen LogP contribution in [0.15, 0.2) is 217 Å². The lowest BCUT2D eigenvalue weighted by molar-refractivity contribution is 0.669. The van der Waals surface area contributed by atoms with Crippen molar-refractivity contribution in [1.82, 2.24) is 15.0 Å². The van der Waals surface area contributed by atoms with Crippen LogP contribution in [-0.4, -0.2) is 15.0 Å². The van der Waals surface area contributed by atoms with E-state index >= 15 is 0 Å². The molecule has 15 rings (SSSR count). The molecule has 0 atom stereocenters. The highest BCUT2D eigenvalue weighted by Crippen LogP contribution is 2.46. The first kappa shape index (κ1) is 38.5. The maximum absolute atomic E-state index is 6.69. The lowest BCUT2D eigenvalue weighted by Gasteiger charge is -2.13. The van der Waals surface area contributed by atoms with E-state index in [-0.39, 0.29) is 0 Å². The lowest BCUT2D eigenvalue weighted by Crippen LogP contribution is -2.00. The molecule has 0 N–H and O–H groups in total. The number of rotatable bonds is 5. The van der Waals surface area contributed by atoms with Crippen LogP contribution in [0.1, 0.15) is 0 Å². The van der Waals surface area contributed by atoms with E-state index in [0.717, 1.165) is 49.6 Å². The molecule has 4 heterocycles. The molecule has 0 amide bonds. The van der Waals surface area contributed by atoms with Crippen molar-refractivity contribution in [3.63, 3.8) is 0 Å². The summed E-state index contributed by atoms with van der Waals surface area (Å²) >= 11 is 3.72. The number of thiophene rings is 2. The number of aromatic nitrogens is 3. The van der Waals surface area contributed by atoms with E-state index in [1.165, 1.54) is 84.0 Å². The van der Waals surface area contributed by atoms with Crippen molar-refractivity contribution in [2.24, 2.45) is 0 Å². The zero-order chi connectivity index (χ0) is 45.2. The second-order valence-corrected chi connectivity index (χ2v) is 20.0. The maximum Gasteiger partial charge on any atom is 0.164 e. The molecule has 320 valence electrons. The van der Waals surface area contributed by atoms with E-state index in [1.807, 2.05) is 53.0 Å². The summed E-state index contributed by atoms with van der Waals surface area (Å²) in [6.07, 6.45) is 0. The van der Waals surface area contributed by atoms with Gasteiger partial charge in [-0.3, -0.25) is 0 Å². The number of benzene rings is 11. The van der Waals surface area contributed by atoms with Gasteiger partial charge in [0.25, 0.3) is 0 Å². The van der Waals surface area contributed by atoms with Crippen molar-refractivity contribution in [2.45, 2.75) is 0 Å². The first-order chi connectivity index (χ1) is 34.2. The monoisotopic (exact) mass is 913 g/mol. The first-order valence-corrected chi connectivity index (χ1v) is 24.8. The number of hydrogen-bond donors (Lipinski definition) is 0. The Hall–Kier alpha value is -8.55. The van der Waals surface area contributed by atoms with Crippen molar-refractivity contribution in [1.29, 1.82) is 0 Å². The van der Waals surface area contributed by atoms with Crippen LogP contribution in [0.4, 0.5) is 0 Å².